The van der Waals surface area contributed by atoms with Crippen molar-refractivity contribution in [2.75, 3.05) is 32.7 Å². The predicted octanol–water partition coefficient (Wildman–Crippen LogP) is 2.53. The van der Waals surface area contributed by atoms with E-state index in [0.29, 0.717) is 11.9 Å². The maximum atomic E-state index is 5.81. The van der Waals surface area contributed by atoms with Crippen LogP contribution in [-0.2, 0) is 0 Å². The highest BCUT2D eigenvalue weighted by atomic mass is 127. The van der Waals surface area contributed by atoms with Gasteiger partial charge in [0.05, 0.1) is 0 Å². The lowest BCUT2D eigenvalue weighted by Gasteiger charge is -2.34. The van der Waals surface area contributed by atoms with Crippen LogP contribution in [0, 0.1) is 17.8 Å². The number of likely N-dealkylation sites (tertiary alicyclic amines) is 1. The van der Waals surface area contributed by atoms with E-state index in [0.717, 1.165) is 31.3 Å². The van der Waals surface area contributed by atoms with Crippen LogP contribution in [-0.4, -0.2) is 43.6 Å². The van der Waals surface area contributed by atoms with Gasteiger partial charge in [-0.2, -0.15) is 0 Å². The number of piperidine rings is 1. The van der Waals surface area contributed by atoms with Crippen LogP contribution in [0.5, 0.6) is 0 Å². The fourth-order valence-corrected chi connectivity index (χ4v) is 2.83. The van der Waals surface area contributed by atoms with Gasteiger partial charge in [0, 0.05) is 26.2 Å². The Morgan fingerprint density at radius 2 is 1.90 bits per heavy atom. The van der Waals surface area contributed by atoms with Crippen molar-refractivity contribution in [3.05, 3.63) is 0 Å². The van der Waals surface area contributed by atoms with Crippen molar-refractivity contribution in [3.63, 3.8) is 0 Å². The second-order valence-corrected chi connectivity index (χ2v) is 6.61. The highest BCUT2D eigenvalue weighted by molar-refractivity contribution is 14.0. The molecule has 0 spiro atoms. The number of nitrogens with two attached hydrogens (primary N) is 1. The van der Waals surface area contributed by atoms with Gasteiger partial charge in [-0.15, -0.1) is 24.0 Å². The van der Waals surface area contributed by atoms with Gasteiger partial charge >= 0.3 is 0 Å². The highest BCUT2D eigenvalue weighted by Crippen LogP contribution is 2.20. The zero-order chi connectivity index (χ0) is 14.3. The topological polar surface area (TPSA) is 53.6 Å². The molecule has 0 aromatic rings. The van der Waals surface area contributed by atoms with Crippen LogP contribution in [0.2, 0.25) is 0 Å². The molecule has 120 valence electrons. The van der Waals surface area contributed by atoms with E-state index in [-0.39, 0.29) is 24.0 Å². The van der Waals surface area contributed by atoms with E-state index < -0.39 is 0 Å². The van der Waals surface area contributed by atoms with Gasteiger partial charge in [-0.3, -0.25) is 4.99 Å². The summed E-state index contributed by atoms with van der Waals surface area (Å²) in [6.45, 7) is 14.4. The molecule has 1 rings (SSSR count). The molecule has 1 aliphatic rings. The van der Waals surface area contributed by atoms with Crippen LogP contribution in [0.3, 0.4) is 0 Å². The molecule has 5 heteroatoms. The van der Waals surface area contributed by atoms with Gasteiger partial charge in [0.1, 0.15) is 0 Å². The average Bonchev–Trinajstić information content (AvgIpc) is 2.31. The Labute approximate surface area is 142 Å². The van der Waals surface area contributed by atoms with Crippen LogP contribution in [0.1, 0.15) is 40.5 Å². The molecular formula is C15H33IN4. The summed E-state index contributed by atoms with van der Waals surface area (Å²) in [6, 6.07) is 0. The molecule has 0 aromatic carbocycles. The smallest absolute Gasteiger partial charge is 0.188 e. The van der Waals surface area contributed by atoms with Crippen LogP contribution in [0.25, 0.3) is 0 Å². The summed E-state index contributed by atoms with van der Waals surface area (Å²) in [5.41, 5.74) is 5.81. The lowest BCUT2D eigenvalue weighted by molar-refractivity contribution is 0.140. The zero-order valence-electron chi connectivity index (χ0n) is 13.6. The van der Waals surface area contributed by atoms with Crippen molar-refractivity contribution in [2.24, 2.45) is 28.5 Å². The largest absolute Gasteiger partial charge is 0.370 e. The minimum atomic E-state index is 0. The third-order valence-electron chi connectivity index (χ3n) is 3.53. The summed E-state index contributed by atoms with van der Waals surface area (Å²) in [5, 5.41) is 3.20. The first kappa shape index (κ1) is 20.0. The number of aliphatic imine (C=N–C) groups is 1. The Morgan fingerprint density at radius 3 is 2.45 bits per heavy atom. The van der Waals surface area contributed by atoms with Crippen LogP contribution < -0.4 is 11.1 Å². The number of nitrogens with zero attached hydrogens (tertiary/aromatic N) is 2. The molecule has 1 saturated heterocycles. The van der Waals surface area contributed by atoms with Gasteiger partial charge in [-0.1, -0.05) is 27.7 Å². The van der Waals surface area contributed by atoms with Crippen molar-refractivity contribution < 1.29 is 0 Å². The van der Waals surface area contributed by atoms with Crippen molar-refractivity contribution in [1.82, 2.24) is 10.2 Å². The van der Waals surface area contributed by atoms with E-state index in [1.165, 1.54) is 26.1 Å². The monoisotopic (exact) mass is 396 g/mol. The van der Waals surface area contributed by atoms with Crippen LogP contribution in [0.4, 0.5) is 0 Å². The first-order chi connectivity index (χ1) is 8.97. The Morgan fingerprint density at radius 1 is 1.30 bits per heavy atom. The normalized spacial score (nSPS) is 24.6. The number of hydrogen-bond donors (Lipinski definition) is 2. The van der Waals surface area contributed by atoms with Gasteiger partial charge in [0.25, 0.3) is 0 Å². The number of hydrogen-bond acceptors (Lipinski definition) is 2. The molecule has 0 saturated carbocycles. The van der Waals surface area contributed by atoms with Crippen molar-refractivity contribution in [3.8, 4) is 0 Å². The van der Waals surface area contributed by atoms with Crippen molar-refractivity contribution in [2.45, 2.75) is 40.5 Å². The Hall–Kier alpha value is -0.0400. The molecule has 4 nitrogen and oxygen atoms in total. The molecule has 0 bridgehead atoms. The average molecular weight is 396 g/mol. The minimum Gasteiger partial charge on any atom is -0.370 e. The fraction of sp³-hybridized carbons (Fsp3) is 0.933. The third-order valence-corrected chi connectivity index (χ3v) is 3.53. The molecule has 1 aliphatic heterocycles. The lowest BCUT2D eigenvalue weighted by Crippen LogP contribution is -2.40. The molecule has 1 heterocycles. The summed E-state index contributed by atoms with van der Waals surface area (Å²) in [6.07, 6.45) is 2.51. The second-order valence-electron chi connectivity index (χ2n) is 6.61. The van der Waals surface area contributed by atoms with E-state index in [4.69, 9.17) is 5.73 Å². The molecule has 2 atom stereocenters. The summed E-state index contributed by atoms with van der Waals surface area (Å²) < 4.78 is 0. The minimum absolute atomic E-state index is 0. The Balaban J connectivity index is 0.00000361. The number of rotatable bonds is 6. The molecule has 0 radical (unpaired) electrons. The van der Waals surface area contributed by atoms with Crippen LogP contribution >= 0.6 is 24.0 Å². The van der Waals surface area contributed by atoms with Gasteiger partial charge in [-0.05, 0) is 37.1 Å². The van der Waals surface area contributed by atoms with E-state index in [1.807, 2.05) is 0 Å². The number of guanidine groups is 1. The maximum Gasteiger partial charge on any atom is 0.188 e. The van der Waals surface area contributed by atoms with Crippen LogP contribution in [0.15, 0.2) is 4.99 Å². The van der Waals surface area contributed by atoms with E-state index in [9.17, 15) is 0 Å². The maximum absolute atomic E-state index is 5.81. The van der Waals surface area contributed by atoms with Gasteiger partial charge in [-0.25, -0.2) is 0 Å². The number of halogens is 1. The SMILES string of the molecule is CC(C)CN=C(N)NCCCN1CC(C)CC(C)C1.I. The van der Waals surface area contributed by atoms with Gasteiger partial charge in [0.15, 0.2) is 5.96 Å². The molecule has 20 heavy (non-hydrogen) atoms. The van der Waals surface area contributed by atoms with E-state index in [1.54, 1.807) is 0 Å². The quantitative estimate of drug-likeness (QED) is 0.314. The van der Waals surface area contributed by atoms with E-state index in [2.05, 4.69) is 42.9 Å². The Kier molecular flexibility index (Phi) is 10.6. The number of nitrogens with one attached hydrogen (secondary N) is 1. The molecule has 3 N–H and O–H groups in total. The van der Waals surface area contributed by atoms with Crippen molar-refractivity contribution in [1.29, 1.82) is 0 Å². The van der Waals surface area contributed by atoms with E-state index >= 15 is 0 Å². The predicted molar refractivity (Wildman–Crippen MR) is 98.7 cm³/mol. The fourth-order valence-electron chi connectivity index (χ4n) is 2.83. The summed E-state index contributed by atoms with van der Waals surface area (Å²) in [5.74, 6) is 2.84. The molecule has 0 aromatic heterocycles. The third kappa shape index (κ3) is 9.00. The van der Waals surface area contributed by atoms with Crippen molar-refractivity contribution >= 4 is 29.9 Å². The standard InChI is InChI=1S/C15H32N4.HI/c1-12(2)9-18-15(16)17-6-5-7-19-10-13(3)8-14(4)11-19;/h12-14H,5-11H2,1-4H3,(H3,16,17,18);1H. The highest BCUT2D eigenvalue weighted by Gasteiger charge is 2.20. The first-order valence-corrected chi connectivity index (χ1v) is 7.73. The molecule has 2 unspecified atom stereocenters. The Bertz CT molecular complexity index is 271. The second kappa shape index (κ2) is 10.7. The molecule has 0 aliphatic carbocycles. The zero-order valence-corrected chi connectivity index (χ0v) is 15.9. The summed E-state index contributed by atoms with van der Waals surface area (Å²) >= 11 is 0. The van der Waals surface area contributed by atoms with Gasteiger partial charge < -0.3 is 16.0 Å². The summed E-state index contributed by atoms with van der Waals surface area (Å²) in [4.78, 5) is 6.89. The first-order valence-electron chi connectivity index (χ1n) is 7.73. The molecule has 1 fully saturated rings. The summed E-state index contributed by atoms with van der Waals surface area (Å²) in [7, 11) is 0. The van der Waals surface area contributed by atoms with Gasteiger partial charge in [0.2, 0.25) is 0 Å². The molecular weight excluding hydrogens is 363 g/mol. The molecule has 0 amide bonds. The lowest BCUT2D eigenvalue weighted by atomic mass is 9.92.